The fourth-order valence-corrected chi connectivity index (χ4v) is 5.94. The number of hydrogen-bond donors (Lipinski definition) is 2. The molecule has 3 heterocycles. The van der Waals surface area contributed by atoms with Gasteiger partial charge in [-0.2, -0.15) is 4.72 Å². The van der Waals surface area contributed by atoms with E-state index in [1.807, 2.05) is 5.38 Å². The van der Waals surface area contributed by atoms with Crippen molar-refractivity contribution in [1.29, 1.82) is 0 Å². The Morgan fingerprint density at radius 3 is 2.68 bits per heavy atom. The van der Waals surface area contributed by atoms with Gasteiger partial charge < -0.3 is 23.8 Å². The Morgan fingerprint density at radius 2 is 1.97 bits per heavy atom. The molecule has 0 bridgehead atoms. The van der Waals surface area contributed by atoms with Crippen LogP contribution in [0.4, 0.5) is 0 Å². The maximum atomic E-state index is 13.4. The molecule has 180 valence electrons. The summed E-state index contributed by atoms with van der Waals surface area (Å²) in [5.41, 5.74) is 4.16. The van der Waals surface area contributed by atoms with Crippen molar-refractivity contribution in [1.82, 2.24) is 15.2 Å². The van der Waals surface area contributed by atoms with Gasteiger partial charge in [-0.25, -0.2) is 13.4 Å². The monoisotopic (exact) mass is 505 g/mol. The first-order chi connectivity index (χ1) is 16.5. The van der Waals surface area contributed by atoms with Crippen LogP contribution in [0.3, 0.4) is 0 Å². The lowest BCUT2D eigenvalue weighted by Gasteiger charge is -2.19. The third-order valence-electron chi connectivity index (χ3n) is 5.52. The zero-order valence-electron chi connectivity index (χ0n) is 18.5. The molecule has 12 heteroatoms. The van der Waals surface area contributed by atoms with Crippen molar-refractivity contribution in [2.24, 2.45) is 0 Å². The highest BCUT2D eigenvalue weighted by molar-refractivity contribution is 7.89. The third kappa shape index (κ3) is 4.13. The average molecular weight is 506 g/mol. The van der Waals surface area contributed by atoms with Gasteiger partial charge in [0, 0.05) is 23.2 Å². The molecule has 3 aromatic rings. The number of fused-ring (bicyclic) bond motifs is 3. The highest BCUT2D eigenvalue weighted by Crippen LogP contribution is 2.48. The van der Waals surface area contributed by atoms with Crippen LogP contribution in [0.25, 0.3) is 0 Å². The van der Waals surface area contributed by atoms with Crippen LogP contribution in [0.5, 0.6) is 33.9 Å². The second-order valence-electron chi connectivity index (χ2n) is 7.57. The van der Waals surface area contributed by atoms with E-state index >= 15 is 0 Å². The largest absolute Gasteiger partial charge is 0.495 e. The van der Waals surface area contributed by atoms with E-state index in [9.17, 15) is 8.42 Å². The highest BCUT2D eigenvalue weighted by atomic mass is 32.2. The molecule has 0 saturated carbocycles. The van der Waals surface area contributed by atoms with Gasteiger partial charge in [-0.05, 0) is 31.4 Å². The topological polar surface area (TPSA) is 117 Å². The minimum atomic E-state index is -4.10. The summed E-state index contributed by atoms with van der Waals surface area (Å²) in [5.74, 6) is 1.85. The summed E-state index contributed by atoms with van der Waals surface area (Å²) in [5, 5.41) is 2.32. The number of hydrogen-bond acceptors (Lipinski definition) is 10. The van der Waals surface area contributed by atoms with Crippen molar-refractivity contribution < 1.29 is 32.2 Å². The molecule has 2 aliphatic rings. The minimum Gasteiger partial charge on any atom is -0.495 e. The molecule has 34 heavy (non-hydrogen) atoms. The molecule has 1 atom stereocenters. The second kappa shape index (κ2) is 9.29. The van der Waals surface area contributed by atoms with Crippen LogP contribution in [0.1, 0.15) is 30.1 Å². The van der Waals surface area contributed by atoms with Crippen molar-refractivity contribution in [2.45, 2.75) is 30.3 Å². The number of sulfonamides is 1. The molecule has 5 rings (SSSR count). The SMILES string of the molecule is COc1cccc(OC)c1S(=O)(=O)NC1NOc2cc(Oc3nccs3)c3c(c21)OCCCC3. The predicted molar refractivity (Wildman–Crippen MR) is 123 cm³/mol. The van der Waals surface area contributed by atoms with Gasteiger partial charge >= 0.3 is 0 Å². The lowest BCUT2D eigenvalue weighted by molar-refractivity contribution is 0.187. The van der Waals surface area contributed by atoms with Gasteiger partial charge in [0.05, 0.1) is 26.4 Å². The lowest BCUT2D eigenvalue weighted by Crippen LogP contribution is -2.36. The predicted octanol–water partition coefficient (Wildman–Crippen LogP) is 3.54. The van der Waals surface area contributed by atoms with Crippen LogP contribution in [0, 0.1) is 0 Å². The first-order valence-corrected chi connectivity index (χ1v) is 12.9. The molecule has 0 radical (unpaired) electrons. The van der Waals surface area contributed by atoms with Crippen LogP contribution < -0.4 is 34.0 Å². The summed E-state index contributed by atoms with van der Waals surface area (Å²) in [6.07, 6.45) is 3.24. The van der Waals surface area contributed by atoms with Gasteiger partial charge in [-0.15, -0.1) is 5.48 Å². The number of benzene rings is 2. The molecular formula is C22H23N3O7S2. The first kappa shape index (κ1) is 22.7. The Hall–Kier alpha value is -3.06. The number of methoxy groups -OCH3 is 2. The van der Waals surface area contributed by atoms with Gasteiger partial charge in [0.15, 0.2) is 10.6 Å². The van der Waals surface area contributed by atoms with E-state index in [0.717, 1.165) is 18.4 Å². The second-order valence-corrected chi connectivity index (χ2v) is 10.1. The van der Waals surface area contributed by atoms with Crippen molar-refractivity contribution in [2.75, 3.05) is 20.8 Å². The van der Waals surface area contributed by atoms with Crippen molar-refractivity contribution in [3.63, 3.8) is 0 Å². The summed E-state index contributed by atoms with van der Waals surface area (Å²) in [7, 11) is -1.30. The van der Waals surface area contributed by atoms with Crippen LogP contribution in [0.2, 0.25) is 0 Å². The van der Waals surface area contributed by atoms with E-state index in [1.165, 1.54) is 25.6 Å². The zero-order valence-corrected chi connectivity index (χ0v) is 20.1. The Labute approximate surface area is 200 Å². The Balaban J connectivity index is 1.55. The highest BCUT2D eigenvalue weighted by Gasteiger charge is 2.37. The Bertz CT molecular complexity index is 1270. The lowest BCUT2D eigenvalue weighted by atomic mass is 10.0. The van der Waals surface area contributed by atoms with Crippen LogP contribution in [-0.2, 0) is 16.4 Å². The summed E-state index contributed by atoms with van der Waals surface area (Å²) in [6.45, 7) is 0.500. The van der Waals surface area contributed by atoms with Gasteiger partial charge in [-0.3, -0.25) is 0 Å². The van der Waals surface area contributed by atoms with E-state index in [4.69, 9.17) is 23.8 Å². The van der Waals surface area contributed by atoms with Gasteiger partial charge in [0.1, 0.15) is 29.2 Å². The molecular weight excluding hydrogens is 482 g/mol. The van der Waals surface area contributed by atoms with Crippen molar-refractivity contribution in [3.8, 4) is 33.9 Å². The summed E-state index contributed by atoms with van der Waals surface area (Å²) in [6, 6.07) is 6.50. The zero-order chi connectivity index (χ0) is 23.7. The molecule has 2 aromatic carbocycles. The van der Waals surface area contributed by atoms with Crippen LogP contribution in [-0.4, -0.2) is 34.2 Å². The summed E-state index contributed by atoms with van der Waals surface area (Å²) >= 11 is 1.37. The molecule has 2 N–H and O–H groups in total. The number of aromatic nitrogens is 1. The molecule has 0 amide bonds. The molecule has 10 nitrogen and oxygen atoms in total. The van der Waals surface area contributed by atoms with E-state index in [1.54, 1.807) is 30.5 Å². The van der Waals surface area contributed by atoms with Crippen molar-refractivity contribution in [3.05, 3.63) is 47.0 Å². The van der Waals surface area contributed by atoms with Gasteiger partial charge in [0.25, 0.3) is 5.19 Å². The molecule has 0 spiro atoms. The van der Waals surface area contributed by atoms with Crippen LogP contribution >= 0.6 is 11.3 Å². The number of rotatable bonds is 7. The standard InChI is InChI=1S/C22H23N3O7S2/c1-28-14-7-5-8-15(29-2)20(14)34(26,27)25-21-18-17(32-24-21)12-16(31-22-23-9-11-33-22)13-6-3-4-10-30-19(13)18/h5,7-9,11-12,21,24-25H,3-4,6,10H2,1-2H3. The van der Waals surface area contributed by atoms with Crippen LogP contribution in [0.15, 0.2) is 40.7 Å². The summed E-state index contributed by atoms with van der Waals surface area (Å²) < 4.78 is 52.2. The molecule has 2 aliphatic heterocycles. The Morgan fingerprint density at radius 1 is 1.18 bits per heavy atom. The van der Waals surface area contributed by atoms with E-state index < -0.39 is 16.2 Å². The fourth-order valence-electron chi connectivity index (χ4n) is 4.01. The van der Waals surface area contributed by atoms with E-state index in [2.05, 4.69) is 15.2 Å². The molecule has 0 aliphatic carbocycles. The maximum absolute atomic E-state index is 13.4. The smallest absolute Gasteiger partial charge is 0.278 e. The third-order valence-corrected chi connectivity index (χ3v) is 7.65. The number of nitrogens with one attached hydrogen (secondary N) is 2. The fraction of sp³-hybridized carbons (Fsp3) is 0.318. The first-order valence-electron chi connectivity index (χ1n) is 10.6. The maximum Gasteiger partial charge on any atom is 0.278 e. The average Bonchev–Trinajstić information content (AvgIpc) is 3.41. The normalized spacial score (nSPS) is 17.1. The number of thiazole rings is 1. The van der Waals surface area contributed by atoms with Gasteiger partial charge in [-0.1, -0.05) is 17.4 Å². The van der Waals surface area contributed by atoms with Gasteiger partial charge in [0.2, 0.25) is 10.0 Å². The quantitative estimate of drug-likeness (QED) is 0.497. The summed E-state index contributed by atoms with van der Waals surface area (Å²) in [4.78, 5) is 9.74. The molecule has 0 saturated heterocycles. The van der Waals surface area contributed by atoms with Crippen molar-refractivity contribution >= 4 is 21.4 Å². The molecule has 1 aromatic heterocycles. The number of hydroxylamine groups is 1. The van der Waals surface area contributed by atoms with E-state index in [-0.39, 0.29) is 16.4 Å². The number of ether oxygens (including phenoxy) is 4. The minimum absolute atomic E-state index is 0.106. The molecule has 0 fully saturated rings. The Kier molecular flexibility index (Phi) is 6.21. The molecule has 1 unspecified atom stereocenters. The number of nitrogens with zero attached hydrogens (tertiary/aromatic N) is 1. The van der Waals surface area contributed by atoms with E-state index in [0.29, 0.717) is 41.0 Å².